The van der Waals surface area contributed by atoms with Crippen LogP contribution < -0.4 is 0 Å². The third-order valence-electron chi connectivity index (χ3n) is 2.87. The van der Waals surface area contributed by atoms with Gasteiger partial charge in [0.2, 0.25) is 0 Å². The van der Waals surface area contributed by atoms with E-state index in [2.05, 4.69) is 15.9 Å². The number of halogens is 4. The molecule has 2 rings (SSSR count). The maximum atomic E-state index is 12.9. The first-order chi connectivity index (χ1) is 9.60. The molecule has 0 aliphatic heterocycles. The van der Waals surface area contributed by atoms with E-state index in [-0.39, 0.29) is 20.5 Å². The van der Waals surface area contributed by atoms with Crippen LogP contribution in [0.2, 0.25) is 0 Å². The van der Waals surface area contributed by atoms with Gasteiger partial charge in [0.25, 0.3) is 0 Å². The topological polar surface area (TPSA) is 34.1 Å². The lowest BCUT2D eigenvalue weighted by atomic mass is 10.0. The smallest absolute Gasteiger partial charge is 0.224 e. The summed E-state index contributed by atoms with van der Waals surface area (Å²) in [5.41, 5.74) is -0.396. The standard InChI is InChI=1S/C14H10BrF3O2S/c1-21(19,20)13-5-3-2-4-10(13)9-6-7-12(15)11(8-9)14(16,17)18/h2-8H,1H3. The molecule has 0 radical (unpaired) electrons. The summed E-state index contributed by atoms with van der Waals surface area (Å²) in [5, 5.41) is 0. The van der Waals surface area contributed by atoms with E-state index in [4.69, 9.17) is 0 Å². The molecule has 0 unspecified atom stereocenters. The molecule has 0 spiro atoms. The van der Waals surface area contributed by atoms with Gasteiger partial charge >= 0.3 is 6.18 Å². The van der Waals surface area contributed by atoms with Crippen LogP contribution in [0.25, 0.3) is 11.1 Å². The van der Waals surface area contributed by atoms with Crippen molar-refractivity contribution in [3.8, 4) is 11.1 Å². The molecule has 112 valence electrons. The number of sulfone groups is 1. The van der Waals surface area contributed by atoms with Gasteiger partial charge in [0, 0.05) is 16.3 Å². The Morgan fingerprint density at radius 3 is 2.24 bits per heavy atom. The van der Waals surface area contributed by atoms with E-state index in [9.17, 15) is 21.6 Å². The van der Waals surface area contributed by atoms with E-state index in [1.807, 2.05) is 0 Å². The first-order valence-electron chi connectivity index (χ1n) is 5.77. The summed E-state index contributed by atoms with van der Waals surface area (Å²) >= 11 is 2.86. The van der Waals surface area contributed by atoms with Gasteiger partial charge in [-0.05, 0) is 23.8 Å². The Bertz CT molecular complexity index is 783. The minimum atomic E-state index is -4.52. The van der Waals surface area contributed by atoms with E-state index >= 15 is 0 Å². The average molecular weight is 379 g/mol. The maximum Gasteiger partial charge on any atom is 0.417 e. The van der Waals surface area contributed by atoms with Crippen molar-refractivity contribution in [2.75, 3.05) is 6.26 Å². The third-order valence-corrected chi connectivity index (χ3v) is 4.72. The van der Waals surface area contributed by atoms with E-state index in [1.54, 1.807) is 6.07 Å². The lowest BCUT2D eigenvalue weighted by molar-refractivity contribution is -0.138. The summed E-state index contributed by atoms with van der Waals surface area (Å²) in [5.74, 6) is 0. The van der Waals surface area contributed by atoms with Gasteiger partial charge in [0.1, 0.15) is 0 Å². The molecular formula is C14H10BrF3O2S. The van der Waals surface area contributed by atoms with Crippen molar-refractivity contribution in [2.45, 2.75) is 11.1 Å². The van der Waals surface area contributed by atoms with Gasteiger partial charge in [-0.25, -0.2) is 8.42 Å². The zero-order valence-electron chi connectivity index (χ0n) is 10.8. The molecule has 0 heterocycles. The van der Waals surface area contributed by atoms with Gasteiger partial charge in [-0.15, -0.1) is 0 Å². The van der Waals surface area contributed by atoms with Crippen molar-refractivity contribution in [1.29, 1.82) is 0 Å². The van der Waals surface area contributed by atoms with Gasteiger partial charge < -0.3 is 0 Å². The summed E-state index contributed by atoms with van der Waals surface area (Å²) in [6, 6.07) is 9.62. The number of rotatable bonds is 2. The quantitative estimate of drug-likeness (QED) is 0.768. The van der Waals surface area contributed by atoms with Crippen molar-refractivity contribution in [2.24, 2.45) is 0 Å². The SMILES string of the molecule is CS(=O)(=O)c1ccccc1-c1ccc(Br)c(C(F)(F)F)c1. The van der Waals surface area contributed by atoms with Crippen LogP contribution in [0.4, 0.5) is 13.2 Å². The highest BCUT2D eigenvalue weighted by molar-refractivity contribution is 9.10. The molecule has 2 aromatic carbocycles. The zero-order chi connectivity index (χ0) is 15.8. The molecule has 0 fully saturated rings. The molecule has 0 bridgehead atoms. The summed E-state index contributed by atoms with van der Waals surface area (Å²) in [4.78, 5) is 0.000414. The summed E-state index contributed by atoms with van der Waals surface area (Å²) in [7, 11) is -3.53. The largest absolute Gasteiger partial charge is 0.417 e. The monoisotopic (exact) mass is 378 g/mol. The van der Waals surface area contributed by atoms with Crippen LogP contribution in [0.15, 0.2) is 51.8 Å². The van der Waals surface area contributed by atoms with Crippen LogP contribution in [0.1, 0.15) is 5.56 Å². The van der Waals surface area contributed by atoms with Gasteiger partial charge in [-0.2, -0.15) is 13.2 Å². The lowest BCUT2D eigenvalue weighted by Gasteiger charge is -2.13. The van der Waals surface area contributed by atoms with Crippen LogP contribution in [0, 0.1) is 0 Å². The highest BCUT2D eigenvalue weighted by atomic mass is 79.9. The first kappa shape index (κ1) is 16.0. The Hall–Kier alpha value is -1.34. The fourth-order valence-electron chi connectivity index (χ4n) is 1.94. The van der Waals surface area contributed by atoms with E-state index < -0.39 is 21.6 Å². The normalized spacial score (nSPS) is 12.4. The highest BCUT2D eigenvalue weighted by Crippen LogP contribution is 2.38. The van der Waals surface area contributed by atoms with Crippen molar-refractivity contribution in [3.05, 3.63) is 52.5 Å². The van der Waals surface area contributed by atoms with Crippen molar-refractivity contribution in [1.82, 2.24) is 0 Å². The van der Waals surface area contributed by atoms with E-state index in [1.165, 1.54) is 30.3 Å². The highest BCUT2D eigenvalue weighted by Gasteiger charge is 2.33. The second kappa shape index (κ2) is 5.46. The summed E-state index contributed by atoms with van der Waals surface area (Å²) < 4.78 is 62.2. The Morgan fingerprint density at radius 1 is 1.05 bits per heavy atom. The van der Waals surface area contributed by atoms with Crippen LogP contribution in [0.5, 0.6) is 0 Å². The first-order valence-corrected chi connectivity index (χ1v) is 8.45. The fourth-order valence-corrected chi connectivity index (χ4v) is 3.32. The Labute approximate surface area is 128 Å². The van der Waals surface area contributed by atoms with Gasteiger partial charge in [0.15, 0.2) is 9.84 Å². The Balaban J connectivity index is 2.70. The summed E-state index contributed by atoms with van der Waals surface area (Å²) in [6.45, 7) is 0. The van der Waals surface area contributed by atoms with Gasteiger partial charge in [-0.3, -0.25) is 0 Å². The lowest BCUT2D eigenvalue weighted by Crippen LogP contribution is -2.06. The second-order valence-electron chi connectivity index (χ2n) is 4.46. The molecule has 0 saturated carbocycles. The molecule has 0 aliphatic rings. The average Bonchev–Trinajstić information content (AvgIpc) is 2.37. The van der Waals surface area contributed by atoms with Crippen molar-refractivity contribution in [3.63, 3.8) is 0 Å². The molecule has 0 aliphatic carbocycles. The number of hydrogen-bond donors (Lipinski definition) is 0. The van der Waals surface area contributed by atoms with Crippen LogP contribution in [-0.2, 0) is 16.0 Å². The number of hydrogen-bond acceptors (Lipinski definition) is 2. The summed E-state index contributed by atoms with van der Waals surface area (Å²) in [6.07, 6.45) is -3.50. The second-order valence-corrected chi connectivity index (χ2v) is 7.30. The molecule has 21 heavy (non-hydrogen) atoms. The molecule has 0 saturated heterocycles. The molecule has 0 atom stereocenters. The van der Waals surface area contributed by atoms with E-state index in [0.29, 0.717) is 0 Å². The van der Waals surface area contributed by atoms with Crippen molar-refractivity contribution >= 4 is 25.8 Å². The number of alkyl halides is 3. The third kappa shape index (κ3) is 3.47. The van der Waals surface area contributed by atoms with Crippen LogP contribution in [-0.4, -0.2) is 14.7 Å². The predicted octanol–water partition coefficient (Wildman–Crippen LogP) is 4.54. The molecule has 0 amide bonds. The van der Waals surface area contributed by atoms with Gasteiger partial charge in [0.05, 0.1) is 10.5 Å². The predicted molar refractivity (Wildman–Crippen MR) is 77.7 cm³/mol. The zero-order valence-corrected chi connectivity index (χ0v) is 13.2. The molecule has 2 aromatic rings. The van der Waals surface area contributed by atoms with Crippen LogP contribution in [0.3, 0.4) is 0 Å². The molecular weight excluding hydrogens is 369 g/mol. The molecule has 2 nitrogen and oxygen atoms in total. The minimum absolute atomic E-state index is 0.000414. The molecule has 0 aromatic heterocycles. The minimum Gasteiger partial charge on any atom is -0.224 e. The Morgan fingerprint density at radius 2 is 1.67 bits per heavy atom. The van der Waals surface area contributed by atoms with Crippen LogP contribution >= 0.6 is 15.9 Å². The Kier molecular flexibility index (Phi) is 4.17. The van der Waals surface area contributed by atoms with Crippen molar-refractivity contribution < 1.29 is 21.6 Å². The maximum absolute atomic E-state index is 12.9. The number of benzene rings is 2. The van der Waals surface area contributed by atoms with Gasteiger partial charge in [-0.1, -0.05) is 40.2 Å². The molecule has 0 N–H and O–H groups in total. The van der Waals surface area contributed by atoms with E-state index in [0.717, 1.165) is 12.3 Å². The fraction of sp³-hybridized carbons (Fsp3) is 0.143. The molecule has 7 heteroatoms.